The molecule has 0 bridgehead atoms. The molecule has 0 nitrogen and oxygen atoms in total. The van der Waals surface area contributed by atoms with Crippen molar-refractivity contribution < 1.29 is 0 Å². The Morgan fingerprint density at radius 3 is 2.78 bits per heavy atom. The van der Waals surface area contributed by atoms with E-state index in [9.17, 15) is 0 Å². The molecular weight excluding hydrogens is 296 g/mol. The smallest absolute Gasteiger partial charge is 0.307 e. The van der Waals surface area contributed by atoms with Crippen molar-refractivity contribution in [1.82, 2.24) is 0 Å². The van der Waals surface area contributed by atoms with Gasteiger partial charge in [-0.1, -0.05) is 43.1 Å². The number of hydrogen-bond donors (Lipinski definition) is 0. The highest BCUT2D eigenvalue weighted by Gasteiger charge is 2.27. The lowest BCUT2D eigenvalue weighted by atomic mass is 9.71. The molecule has 0 radical (unpaired) electrons. The summed E-state index contributed by atoms with van der Waals surface area (Å²) in [5.74, 6) is 0. The molecule has 0 heterocycles. The third-order valence-corrected chi connectivity index (χ3v) is 6.64. The van der Waals surface area contributed by atoms with E-state index in [1.807, 2.05) is 0 Å². The summed E-state index contributed by atoms with van der Waals surface area (Å²) in [4.78, 5) is 0. The summed E-state index contributed by atoms with van der Waals surface area (Å²) in [7, 11) is 0. The predicted octanol–water partition coefficient (Wildman–Crippen LogP) is 6.06. The Balaban J connectivity index is 2.53. The Morgan fingerprint density at radius 2 is 2.17 bits per heavy atom. The zero-order valence-electron chi connectivity index (χ0n) is 12.6. The molecule has 0 N–H and O–H groups in total. The van der Waals surface area contributed by atoms with Crippen molar-refractivity contribution in [2.75, 3.05) is 0 Å². The average molecular weight is 324 g/mol. The van der Waals surface area contributed by atoms with Crippen LogP contribution in [0, 0.1) is 5.41 Å². The molecule has 0 aromatic heterocycles. The van der Waals surface area contributed by atoms with Crippen LogP contribution in [0.2, 0.25) is 4.55 Å². The van der Waals surface area contributed by atoms with Crippen LogP contribution in [-0.4, -0.2) is 18.2 Å². The van der Waals surface area contributed by atoms with Crippen LogP contribution >= 0.6 is 12.9 Å². The third kappa shape index (κ3) is 5.38. The van der Waals surface area contributed by atoms with Gasteiger partial charge in [0.05, 0.1) is 0 Å². The minimum absolute atomic E-state index is 0.0701. The van der Waals surface area contributed by atoms with Crippen molar-refractivity contribution in [3.8, 4) is 0 Å². The van der Waals surface area contributed by atoms with Crippen LogP contribution in [0.4, 0.5) is 0 Å². The van der Waals surface area contributed by atoms with Crippen LogP contribution < -0.4 is 0 Å². The molecule has 0 spiro atoms. The Bertz CT molecular complexity index is 326. The topological polar surface area (TPSA) is 0 Å². The van der Waals surface area contributed by atoms with Crippen LogP contribution in [-0.2, 0) is 0 Å². The molecule has 18 heavy (non-hydrogen) atoms. The second-order valence-corrected chi connectivity index (χ2v) is 9.84. The second kappa shape index (κ2) is 8.11. The molecule has 0 amide bonds. The van der Waals surface area contributed by atoms with Gasteiger partial charge < -0.3 is 12.9 Å². The van der Waals surface area contributed by atoms with Crippen LogP contribution in [0.1, 0.15) is 66.2 Å². The van der Waals surface area contributed by atoms with Crippen LogP contribution in [0.15, 0.2) is 22.8 Å². The van der Waals surface area contributed by atoms with Gasteiger partial charge in [0.25, 0.3) is 0 Å². The second-order valence-electron chi connectivity index (χ2n) is 6.38. The minimum atomic E-state index is 0.0701. The molecule has 0 saturated heterocycles. The van der Waals surface area contributed by atoms with E-state index in [-0.39, 0.29) is 18.2 Å². The molecule has 0 fully saturated rings. The van der Waals surface area contributed by atoms with Gasteiger partial charge in [-0.15, -0.1) is 4.55 Å². The molecule has 0 aromatic carbocycles. The maximum absolute atomic E-state index is 3.63. The fourth-order valence-electron chi connectivity index (χ4n) is 3.08. The standard InChI is InChI=1S/C16H27.BrH.Mg/c1-6-8-13(2)10-11-15-14(3)9-7-12-16(15,4)5;;/h8H,1,6-7,9-12H2,2-5H3;1H;/q;;+1/p-1. The SMILES string of the molecule is CC(=CC[CH2][Mg][Br])CCC1=C(C)CCCC1(C)C. The first-order valence-corrected chi connectivity index (χ1v) is 12.3. The molecule has 0 aliphatic heterocycles. The van der Waals surface area contributed by atoms with Gasteiger partial charge in [-0.05, 0) is 51.4 Å². The molecule has 0 aromatic rings. The maximum atomic E-state index is 3.63. The Morgan fingerprint density at radius 1 is 1.44 bits per heavy atom. The number of allylic oxidation sites excluding steroid dienone is 4. The van der Waals surface area contributed by atoms with Crippen molar-refractivity contribution in [3.63, 3.8) is 0 Å². The molecule has 1 aliphatic carbocycles. The quantitative estimate of drug-likeness (QED) is 0.316. The average Bonchev–Trinajstić information content (AvgIpc) is 2.28. The van der Waals surface area contributed by atoms with E-state index in [1.165, 1.54) is 43.1 Å². The van der Waals surface area contributed by atoms with Gasteiger partial charge in [-0.3, -0.25) is 0 Å². The maximum Gasteiger partial charge on any atom is 0.468 e. The number of rotatable bonds is 6. The molecule has 1 rings (SSSR count). The summed E-state index contributed by atoms with van der Waals surface area (Å²) in [5.41, 5.74) is 5.46. The van der Waals surface area contributed by atoms with Gasteiger partial charge in [0.2, 0.25) is 0 Å². The molecule has 2 heteroatoms. The first kappa shape index (κ1) is 16.8. The highest BCUT2D eigenvalue weighted by atomic mass is 79.9. The fraction of sp³-hybridized carbons (Fsp3) is 0.750. The molecular formula is C16H27BrMg. The molecule has 100 valence electrons. The Labute approximate surface area is 129 Å². The predicted molar refractivity (Wildman–Crippen MR) is 87.4 cm³/mol. The van der Waals surface area contributed by atoms with Crippen LogP contribution in [0.25, 0.3) is 0 Å². The van der Waals surface area contributed by atoms with Crippen molar-refractivity contribution >= 4 is 31.1 Å². The summed E-state index contributed by atoms with van der Waals surface area (Å²) in [6.07, 6.45) is 10.4. The summed E-state index contributed by atoms with van der Waals surface area (Å²) in [6.45, 7) is 9.52. The lowest BCUT2D eigenvalue weighted by molar-refractivity contribution is 0.354. The van der Waals surface area contributed by atoms with Gasteiger partial charge in [0.1, 0.15) is 0 Å². The molecule has 0 unspecified atom stereocenters. The lowest BCUT2D eigenvalue weighted by Gasteiger charge is -2.35. The summed E-state index contributed by atoms with van der Waals surface area (Å²) in [5, 5.41) is 0. The van der Waals surface area contributed by atoms with E-state index in [4.69, 9.17) is 0 Å². The molecule has 0 atom stereocenters. The van der Waals surface area contributed by atoms with E-state index in [0.717, 1.165) is 0 Å². The summed E-state index contributed by atoms with van der Waals surface area (Å²) < 4.78 is 1.39. The van der Waals surface area contributed by atoms with E-state index < -0.39 is 0 Å². The Hall–Kier alpha value is 0.726. The van der Waals surface area contributed by atoms with E-state index >= 15 is 0 Å². The first-order valence-electron chi connectivity index (χ1n) is 7.38. The number of halogens is 1. The zero-order chi connectivity index (χ0) is 13.6. The zero-order valence-corrected chi connectivity index (χ0v) is 15.6. The summed E-state index contributed by atoms with van der Waals surface area (Å²) >= 11 is 3.70. The normalized spacial score (nSPS) is 19.9. The Kier molecular flexibility index (Phi) is 7.56. The van der Waals surface area contributed by atoms with Gasteiger partial charge in [0.15, 0.2) is 0 Å². The fourth-order valence-corrected chi connectivity index (χ4v) is 4.41. The summed E-state index contributed by atoms with van der Waals surface area (Å²) in [6, 6.07) is 0. The van der Waals surface area contributed by atoms with Crippen molar-refractivity contribution in [2.24, 2.45) is 5.41 Å². The van der Waals surface area contributed by atoms with Crippen molar-refractivity contribution in [3.05, 3.63) is 22.8 Å². The van der Waals surface area contributed by atoms with E-state index in [1.54, 1.807) is 16.7 Å². The highest BCUT2D eigenvalue weighted by molar-refractivity contribution is 9.23. The number of hydrogen-bond acceptors (Lipinski definition) is 0. The highest BCUT2D eigenvalue weighted by Crippen LogP contribution is 2.42. The van der Waals surface area contributed by atoms with Crippen molar-refractivity contribution in [1.29, 1.82) is 0 Å². The molecule has 0 saturated carbocycles. The monoisotopic (exact) mass is 322 g/mol. The van der Waals surface area contributed by atoms with Gasteiger partial charge in [-0.25, -0.2) is 0 Å². The largest absolute Gasteiger partial charge is 0.468 e. The minimum Gasteiger partial charge on any atom is -0.307 e. The van der Waals surface area contributed by atoms with Crippen molar-refractivity contribution in [2.45, 2.75) is 70.8 Å². The third-order valence-electron chi connectivity index (χ3n) is 4.29. The van der Waals surface area contributed by atoms with Crippen LogP contribution in [0.5, 0.6) is 0 Å². The van der Waals surface area contributed by atoms with Crippen LogP contribution in [0.3, 0.4) is 0 Å². The van der Waals surface area contributed by atoms with Gasteiger partial charge in [0, 0.05) is 0 Å². The van der Waals surface area contributed by atoms with E-state index in [2.05, 4.69) is 46.7 Å². The first-order chi connectivity index (χ1) is 8.47. The lowest BCUT2D eigenvalue weighted by Crippen LogP contribution is -2.20. The van der Waals surface area contributed by atoms with E-state index in [0.29, 0.717) is 5.41 Å². The molecule has 1 aliphatic rings. The van der Waals surface area contributed by atoms with Gasteiger partial charge >= 0.3 is 18.2 Å². The van der Waals surface area contributed by atoms with Gasteiger partial charge in [-0.2, -0.15) is 0 Å².